The van der Waals surface area contributed by atoms with Gasteiger partial charge in [-0.25, -0.2) is 0 Å². The second-order valence-electron chi connectivity index (χ2n) is 5.21. The van der Waals surface area contributed by atoms with Crippen molar-refractivity contribution in [2.24, 2.45) is 0 Å². The summed E-state index contributed by atoms with van der Waals surface area (Å²) in [7, 11) is 0. The highest BCUT2D eigenvalue weighted by Crippen LogP contribution is 2.24. The normalized spacial score (nSPS) is 10.3. The molecule has 1 amide bonds. The van der Waals surface area contributed by atoms with Gasteiger partial charge in [0.25, 0.3) is 5.91 Å². The molecule has 0 bridgehead atoms. The summed E-state index contributed by atoms with van der Waals surface area (Å²) >= 11 is 6.14. The van der Waals surface area contributed by atoms with Crippen molar-refractivity contribution < 1.29 is 14.6 Å². The van der Waals surface area contributed by atoms with Gasteiger partial charge in [-0.15, -0.1) is 0 Å². The largest absolute Gasteiger partial charge is 0.484 e. The van der Waals surface area contributed by atoms with Crippen LogP contribution in [0.5, 0.6) is 5.75 Å². The van der Waals surface area contributed by atoms with E-state index in [9.17, 15) is 9.90 Å². The van der Waals surface area contributed by atoms with E-state index < -0.39 is 0 Å². The number of benzene rings is 2. The van der Waals surface area contributed by atoms with Crippen LogP contribution in [0.1, 0.15) is 18.1 Å². The minimum Gasteiger partial charge on any atom is -0.484 e. The molecular formula is C18H21ClN2O3. The maximum Gasteiger partial charge on any atom is 0.257 e. The van der Waals surface area contributed by atoms with Gasteiger partial charge in [0.1, 0.15) is 5.75 Å². The average molecular weight is 349 g/mol. The van der Waals surface area contributed by atoms with Crippen LogP contribution >= 0.6 is 11.6 Å². The van der Waals surface area contributed by atoms with Gasteiger partial charge in [-0.2, -0.15) is 0 Å². The van der Waals surface area contributed by atoms with E-state index >= 15 is 0 Å². The molecule has 24 heavy (non-hydrogen) atoms. The number of hydrogen-bond acceptors (Lipinski definition) is 4. The molecular weight excluding hydrogens is 328 g/mol. The molecule has 0 aliphatic heterocycles. The molecule has 2 aromatic carbocycles. The lowest BCUT2D eigenvalue weighted by atomic mass is 10.2. The predicted molar refractivity (Wildman–Crippen MR) is 95.3 cm³/mol. The number of likely N-dealkylation sites (N-methyl/N-ethyl adjacent to an activating group) is 1. The summed E-state index contributed by atoms with van der Waals surface area (Å²) in [6, 6.07) is 12.9. The van der Waals surface area contributed by atoms with Gasteiger partial charge in [0, 0.05) is 13.1 Å². The van der Waals surface area contributed by atoms with Crippen LogP contribution in [0.15, 0.2) is 42.5 Å². The number of halogens is 1. The molecule has 0 aromatic heterocycles. The summed E-state index contributed by atoms with van der Waals surface area (Å²) < 4.78 is 5.41. The lowest BCUT2D eigenvalue weighted by Gasteiger charge is -2.11. The molecule has 0 saturated heterocycles. The highest BCUT2D eigenvalue weighted by atomic mass is 35.5. The number of carbonyl (C=O) groups excluding carboxylic acids is 1. The SMILES string of the molecule is CCNC(=O)COc1ccc(CNc2cc(CO)ccc2Cl)cc1. The van der Waals surface area contributed by atoms with Crippen LogP contribution in [-0.4, -0.2) is 24.2 Å². The molecule has 128 valence electrons. The van der Waals surface area contributed by atoms with E-state index in [1.807, 2.05) is 37.3 Å². The number of aliphatic hydroxyl groups excluding tert-OH is 1. The highest BCUT2D eigenvalue weighted by molar-refractivity contribution is 6.33. The molecule has 3 N–H and O–H groups in total. The minimum atomic E-state index is -0.137. The van der Waals surface area contributed by atoms with Crippen LogP contribution < -0.4 is 15.4 Å². The van der Waals surface area contributed by atoms with Crippen molar-refractivity contribution >= 4 is 23.2 Å². The second kappa shape index (κ2) is 9.15. The molecule has 6 heteroatoms. The molecule has 0 aliphatic rings. The Morgan fingerprint density at radius 1 is 1.17 bits per heavy atom. The Bertz CT molecular complexity index is 674. The van der Waals surface area contributed by atoms with Crippen molar-refractivity contribution in [1.29, 1.82) is 0 Å². The fourth-order valence-corrected chi connectivity index (χ4v) is 2.29. The van der Waals surface area contributed by atoms with Gasteiger partial charge in [0.05, 0.1) is 17.3 Å². The smallest absolute Gasteiger partial charge is 0.257 e. The molecule has 5 nitrogen and oxygen atoms in total. The average Bonchev–Trinajstić information content (AvgIpc) is 2.60. The van der Waals surface area contributed by atoms with Crippen molar-refractivity contribution in [3.8, 4) is 5.75 Å². The third-order valence-corrected chi connectivity index (χ3v) is 3.69. The summed E-state index contributed by atoms with van der Waals surface area (Å²) in [4.78, 5) is 11.4. The van der Waals surface area contributed by atoms with Crippen LogP contribution in [0.4, 0.5) is 5.69 Å². The number of aliphatic hydroxyl groups is 1. The standard InChI is InChI=1S/C18H21ClN2O3/c1-2-20-18(23)12-24-15-6-3-13(4-7-15)10-21-17-9-14(11-22)5-8-16(17)19/h3-9,21-22H,2,10-12H2,1H3,(H,20,23). The van der Waals surface area contributed by atoms with Crippen LogP contribution in [0.25, 0.3) is 0 Å². The van der Waals surface area contributed by atoms with E-state index in [0.717, 1.165) is 16.8 Å². The fourth-order valence-electron chi connectivity index (χ4n) is 2.10. The zero-order chi connectivity index (χ0) is 17.4. The highest BCUT2D eigenvalue weighted by Gasteiger charge is 2.03. The molecule has 0 unspecified atom stereocenters. The zero-order valence-electron chi connectivity index (χ0n) is 13.5. The van der Waals surface area contributed by atoms with Gasteiger partial charge in [-0.1, -0.05) is 29.8 Å². The Kier molecular flexibility index (Phi) is 6.90. The van der Waals surface area contributed by atoms with Crippen LogP contribution in [-0.2, 0) is 17.9 Å². The number of nitrogens with one attached hydrogen (secondary N) is 2. The Hall–Kier alpha value is -2.24. The first-order chi connectivity index (χ1) is 11.6. The van der Waals surface area contributed by atoms with Gasteiger partial charge < -0.3 is 20.5 Å². The third kappa shape index (κ3) is 5.44. The summed E-state index contributed by atoms with van der Waals surface area (Å²) in [6.45, 7) is 3.03. The first-order valence-corrected chi connectivity index (χ1v) is 8.11. The van der Waals surface area contributed by atoms with Gasteiger partial charge in [0.2, 0.25) is 0 Å². The summed E-state index contributed by atoms with van der Waals surface area (Å²) in [5.74, 6) is 0.506. The number of amides is 1. The maximum absolute atomic E-state index is 11.4. The van der Waals surface area contributed by atoms with Crippen molar-refractivity contribution in [3.05, 3.63) is 58.6 Å². The monoisotopic (exact) mass is 348 g/mol. The van der Waals surface area contributed by atoms with Gasteiger partial charge in [-0.05, 0) is 42.3 Å². The Morgan fingerprint density at radius 2 is 1.88 bits per heavy atom. The van der Waals surface area contributed by atoms with Crippen molar-refractivity contribution in [2.45, 2.75) is 20.1 Å². The van der Waals surface area contributed by atoms with Crippen LogP contribution in [0.3, 0.4) is 0 Å². The lowest BCUT2D eigenvalue weighted by molar-refractivity contribution is -0.122. The zero-order valence-corrected chi connectivity index (χ0v) is 14.3. The summed E-state index contributed by atoms with van der Waals surface area (Å²) in [6.07, 6.45) is 0. The lowest BCUT2D eigenvalue weighted by Crippen LogP contribution is -2.28. The molecule has 2 rings (SSSR count). The van der Waals surface area contributed by atoms with Gasteiger partial charge in [0.15, 0.2) is 6.61 Å². The Balaban J connectivity index is 1.89. The number of carbonyl (C=O) groups is 1. The molecule has 2 aromatic rings. The Labute approximate surface area is 146 Å². The van der Waals surface area contributed by atoms with E-state index in [-0.39, 0.29) is 19.1 Å². The molecule has 0 heterocycles. The van der Waals surface area contributed by atoms with Gasteiger partial charge in [-0.3, -0.25) is 4.79 Å². The molecule has 0 saturated carbocycles. The molecule has 0 spiro atoms. The number of ether oxygens (including phenoxy) is 1. The van der Waals surface area contributed by atoms with E-state index in [4.69, 9.17) is 16.3 Å². The van der Waals surface area contributed by atoms with Crippen LogP contribution in [0, 0.1) is 0 Å². The minimum absolute atomic E-state index is 0.00893. The summed E-state index contributed by atoms with van der Waals surface area (Å²) in [5, 5.41) is 15.7. The second-order valence-corrected chi connectivity index (χ2v) is 5.62. The van der Waals surface area contributed by atoms with Gasteiger partial charge >= 0.3 is 0 Å². The van der Waals surface area contributed by atoms with Crippen molar-refractivity contribution in [3.63, 3.8) is 0 Å². The number of hydrogen-bond donors (Lipinski definition) is 3. The van der Waals surface area contributed by atoms with E-state index in [1.54, 1.807) is 12.1 Å². The topological polar surface area (TPSA) is 70.6 Å². The molecule has 0 aliphatic carbocycles. The first-order valence-electron chi connectivity index (χ1n) is 7.74. The van der Waals surface area contributed by atoms with E-state index in [0.29, 0.717) is 23.9 Å². The number of anilines is 1. The fraction of sp³-hybridized carbons (Fsp3) is 0.278. The number of rotatable bonds is 8. The molecule has 0 atom stereocenters. The Morgan fingerprint density at radius 3 is 2.54 bits per heavy atom. The van der Waals surface area contributed by atoms with Crippen molar-refractivity contribution in [1.82, 2.24) is 5.32 Å². The van der Waals surface area contributed by atoms with E-state index in [1.165, 1.54) is 0 Å². The summed E-state index contributed by atoms with van der Waals surface area (Å²) in [5.41, 5.74) is 2.63. The molecule has 0 radical (unpaired) electrons. The van der Waals surface area contributed by atoms with Crippen LogP contribution in [0.2, 0.25) is 5.02 Å². The quantitative estimate of drug-likeness (QED) is 0.686. The van der Waals surface area contributed by atoms with Crippen molar-refractivity contribution in [2.75, 3.05) is 18.5 Å². The maximum atomic E-state index is 11.4. The first kappa shape index (κ1) is 18.1. The van der Waals surface area contributed by atoms with E-state index in [2.05, 4.69) is 10.6 Å². The predicted octanol–water partition coefficient (Wildman–Crippen LogP) is 2.96. The third-order valence-electron chi connectivity index (χ3n) is 3.36. The molecule has 0 fully saturated rings.